The number of hydrogen-bond donors (Lipinski definition) is 2. The molecule has 176 valence electrons. The van der Waals surface area contributed by atoms with Crippen LogP contribution in [0, 0.1) is 17.2 Å². The molecule has 0 bridgehead atoms. The molecule has 2 fully saturated rings. The quantitative estimate of drug-likeness (QED) is 0.302. The molecule has 33 heavy (non-hydrogen) atoms. The van der Waals surface area contributed by atoms with Crippen molar-refractivity contribution in [2.24, 2.45) is 16.3 Å². The number of nitrogens with zero attached hydrogens (tertiary/aromatic N) is 4. The summed E-state index contributed by atoms with van der Waals surface area (Å²) < 4.78 is 17.9. The lowest BCUT2D eigenvalue weighted by atomic mass is 9.52. The number of aliphatic imine (C=N–C) groups is 1. The average Bonchev–Trinajstić information content (AvgIpc) is 2.73. The number of carbonyl (C=O) groups excluding carboxylic acids is 1. The van der Waals surface area contributed by atoms with Gasteiger partial charge in [-0.25, -0.2) is 14.4 Å². The highest BCUT2D eigenvalue weighted by molar-refractivity contribution is 8.00. The van der Waals surface area contributed by atoms with E-state index in [1.165, 1.54) is 44.4 Å². The van der Waals surface area contributed by atoms with Crippen LogP contribution < -0.4 is 15.4 Å². The molecule has 4 rings (SSSR count). The van der Waals surface area contributed by atoms with Crippen LogP contribution in [0.5, 0.6) is 0 Å². The molecular formula is C24H31FN6OS. The lowest BCUT2D eigenvalue weighted by Gasteiger charge is -2.54. The molecule has 2 aliphatic rings. The van der Waals surface area contributed by atoms with Crippen molar-refractivity contribution in [3.63, 3.8) is 0 Å². The third-order valence-corrected chi connectivity index (χ3v) is 7.86. The van der Waals surface area contributed by atoms with Crippen LogP contribution in [-0.2, 0) is 4.79 Å². The van der Waals surface area contributed by atoms with Crippen molar-refractivity contribution < 1.29 is 9.18 Å². The van der Waals surface area contributed by atoms with Crippen LogP contribution in [0.15, 0.2) is 29.4 Å². The molecule has 1 aromatic heterocycles. The second-order valence-electron chi connectivity index (χ2n) is 9.49. The largest absolute Gasteiger partial charge is 0.368 e. The molecule has 2 saturated carbocycles. The van der Waals surface area contributed by atoms with Gasteiger partial charge in [-0.3, -0.25) is 4.79 Å². The number of aromatic nitrogens is 2. The summed E-state index contributed by atoms with van der Waals surface area (Å²) in [6, 6.07) is 4.79. The highest BCUT2D eigenvalue weighted by Crippen LogP contribution is 2.59. The Morgan fingerprint density at radius 2 is 2.18 bits per heavy atom. The Morgan fingerprint density at radius 3 is 2.79 bits per heavy atom. The molecule has 0 saturated heterocycles. The summed E-state index contributed by atoms with van der Waals surface area (Å²) in [5.74, 6) is 1.90. The first-order valence-corrected chi connectivity index (χ1v) is 12.4. The molecule has 1 aromatic carbocycles. The van der Waals surface area contributed by atoms with Gasteiger partial charge < -0.3 is 15.4 Å². The molecule has 0 unspecified atom stereocenters. The third-order valence-electron chi connectivity index (χ3n) is 6.85. The van der Waals surface area contributed by atoms with Crippen LogP contribution in [0.4, 0.5) is 27.5 Å². The number of rotatable bonds is 9. The Morgan fingerprint density at radius 1 is 1.42 bits per heavy atom. The normalized spacial score (nSPS) is 17.5. The molecule has 9 heteroatoms. The van der Waals surface area contributed by atoms with Gasteiger partial charge in [0.15, 0.2) is 12.1 Å². The van der Waals surface area contributed by atoms with Crippen molar-refractivity contribution >= 4 is 47.1 Å². The van der Waals surface area contributed by atoms with E-state index in [4.69, 9.17) is 5.73 Å². The van der Waals surface area contributed by atoms with E-state index in [1.807, 2.05) is 25.8 Å². The van der Waals surface area contributed by atoms with E-state index in [1.54, 1.807) is 24.1 Å². The van der Waals surface area contributed by atoms with Crippen molar-refractivity contribution in [2.75, 3.05) is 28.2 Å². The van der Waals surface area contributed by atoms with E-state index in [0.29, 0.717) is 34.5 Å². The van der Waals surface area contributed by atoms with Gasteiger partial charge in [0.1, 0.15) is 17.2 Å². The number of aldehydes is 1. The Kier molecular flexibility index (Phi) is 6.88. The monoisotopic (exact) mass is 470 g/mol. The standard InChI is InChI=1S/C24H31FN6OS/c1-15(2)31(3)22-20(12-27-23(26)29-22)28-21(13-32)17-5-6-19(18(25)9-17)30-33-14-16-10-24(11-16)7-4-8-24/h5-6,9,12-13,15-16,30H,4,7-8,10-11,14H2,1-3H3,(H2,26,27,29). The number of anilines is 3. The summed E-state index contributed by atoms with van der Waals surface area (Å²) >= 11 is 1.55. The van der Waals surface area contributed by atoms with E-state index in [9.17, 15) is 9.18 Å². The van der Waals surface area contributed by atoms with Gasteiger partial charge in [-0.05, 0) is 63.0 Å². The molecule has 0 radical (unpaired) electrons. The van der Waals surface area contributed by atoms with Crippen molar-refractivity contribution in [1.29, 1.82) is 0 Å². The molecular weight excluding hydrogens is 439 g/mol. The summed E-state index contributed by atoms with van der Waals surface area (Å²) in [5.41, 5.74) is 7.68. The molecule has 0 amide bonds. The third kappa shape index (κ3) is 5.13. The highest BCUT2D eigenvalue weighted by atomic mass is 32.2. The first kappa shape index (κ1) is 23.5. The van der Waals surface area contributed by atoms with Gasteiger partial charge in [0.2, 0.25) is 5.95 Å². The first-order valence-electron chi connectivity index (χ1n) is 11.4. The Hall–Kier alpha value is -2.68. The number of benzene rings is 1. The van der Waals surface area contributed by atoms with Crippen LogP contribution in [0.1, 0.15) is 51.5 Å². The SMILES string of the molecule is CC(C)N(C)c1nc(N)ncc1N=C(C=O)c1ccc(NSCC2CC3(CCC3)C2)c(F)c1. The van der Waals surface area contributed by atoms with Crippen LogP contribution in [0.2, 0.25) is 0 Å². The van der Waals surface area contributed by atoms with Gasteiger partial charge in [0.25, 0.3) is 0 Å². The van der Waals surface area contributed by atoms with E-state index < -0.39 is 5.82 Å². The highest BCUT2D eigenvalue weighted by Gasteiger charge is 2.47. The second kappa shape index (κ2) is 9.67. The molecule has 1 heterocycles. The lowest BCUT2D eigenvalue weighted by molar-refractivity contribution is -0.102. The predicted molar refractivity (Wildman–Crippen MR) is 134 cm³/mol. The van der Waals surface area contributed by atoms with Gasteiger partial charge >= 0.3 is 0 Å². The molecule has 7 nitrogen and oxygen atoms in total. The second-order valence-corrected chi connectivity index (χ2v) is 10.3. The molecule has 3 N–H and O–H groups in total. The van der Waals surface area contributed by atoms with Gasteiger partial charge in [-0.15, -0.1) is 0 Å². The summed E-state index contributed by atoms with van der Waals surface area (Å²) in [6.45, 7) is 4.00. The van der Waals surface area contributed by atoms with E-state index >= 15 is 0 Å². The smallest absolute Gasteiger partial charge is 0.222 e. The zero-order valence-corrected chi connectivity index (χ0v) is 20.2. The van der Waals surface area contributed by atoms with E-state index in [-0.39, 0.29) is 17.7 Å². The van der Waals surface area contributed by atoms with Crippen molar-refractivity contribution in [3.8, 4) is 0 Å². The van der Waals surface area contributed by atoms with Crippen molar-refractivity contribution in [3.05, 3.63) is 35.8 Å². The van der Waals surface area contributed by atoms with Gasteiger partial charge in [-0.1, -0.05) is 24.4 Å². The number of nitrogen functional groups attached to an aromatic ring is 1. The van der Waals surface area contributed by atoms with Crippen LogP contribution in [0.3, 0.4) is 0 Å². The van der Waals surface area contributed by atoms with Gasteiger partial charge in [0, 0.05) is 24.4 Å². The van der Waals surface area contributed by atoms with Crippen LogP contribution in [-0.4, -0.2) is 40.8 Å². The maximum atomic E-state index is 14.8. The first-order chi connectivity index (χ1) is 15.8. The molecule has 1 spiro atoms. The minimum absolute atomic E-state index is 0.0974. The lowest BCUT2D eigenvalue weighted by Crippen LogP contribution is -2.43. The van der Waals surface area contributed by atoms with Crippen molar-refractivity contribution in [1.82, 2.24) is 9.97 Å². The maximum absolute atomic E-state index is 14.8. The number of nitrogens with one attached hydrogen (secondary N) is 1. The molecule has 2 aliphatic carbocycles. The Labute approximate surface area is 198 Å². The molecule has 0 aliphatic heterocycles. The Bertz CT molecular complexity index is 1050. The van der Waals surface area contributed by atoms with E-state index in [0.717, 1.165) is 11.7 Å². The van der Waals surface area contributed by atoms with Crippen LogP contribution in [0.25, 0.3) is 0 Å². The number of halogens is 1. The molecule has 2 aromatic rings. The zero-order chi connectivity index (χ0) is 23.6. The predicted octanol–water partition coefficient (Wildman–Crippen LogP) is 5.00. The average molecular weight is 471 g/mol. The van der Waals surface area contributed by atoms with Gasteiger partial charge in [0.05, 0.1) is 11.9 Å². The zero-order valence-electron chi connectivity index (χ0n) is 19.3. The molecule has 0 atom stereocenters. The fraction of sp³-hybridized carbons (Fsp3) is 0.500. The van der Waals surface area contributed by atoms with Crippen LogP contribution >= 0.6 is 11.9 Å². The van der Waals surface area contributed by atoms with Gasteiger partial charge in [-0.2, -0.15) is 4.98 Å². The minimum Gasteiger partial charge on any atom is -0.368 e. The summed E-state index contributed by atoms with van der Waals surface area (Å²) in [5, 5.41) is 0. The van der Waals surface area contributed by atoms with Crippen molar-refractivity contribution in [2.45, 2.75) is 52.0 Å². The number of nitrogens with two attached hydrogens (primary N) is 1. The van der Waals surface area contributed by atoms with E-state index in [2.05, 4.69) is 19.7 Å². The topological polar surface area (TPSA) is 96.5 Å². The summed E-state index contributed by atoms with van der Waals surface area (Å²) in [6.07, 6.45) is 8.85. The minimum atomic E-state index is -0.424. The Balaban J connectivity index is 1.45. The number of hydrogen-bond acceptors (Lipinski definition) is 8. The maximum Gasteiger partial charge on any atom is 0.222 e. The number of carbonyl (C=O) groups is 1. The summed E-state index contributed by atoms with van der Waals surface area (Å²) in [4.78, 5) is 26.4. The fourth-order valence-corrected chi connectivity index (χ4v) is 5.49. The summed E-state index contributed by atoms with van der Waals surface area (Å²) in [7, 11) is 1.86. The fourth-order valence-electron chi connectivity index (χ4n) is 4.61.